The number of likely N-dealkylation sites (tertiary alicyclic amines) is 1. The van der Waals surface area contributed by atoms with Crippen molar-refractivity contribution < 1.29 is 8.78 Å². The molecule has 0 bridgehead atoms. The Balaban J connectivity index is 1.85. The van der Waals surface area contributed by atoms with Crippen molar-refractivity contribution >= 4 is 0 Å². The van der Waals surface area contributed by atoms with Gasteiger partial charge in [-0.15, -0.1) is 0 Å². The maximum atomic E-state index is 13.4. The third-order valence-corrected chi connectivity index (χ3v) is 3.59. The number of halogens is 2. The number of piperidine rings is 1. The normalized spacial score (nSPS) is 18.5. The lowest BCUT2D eigenvalue weighted by Gasteiger charge is -2.30. The molecule has 0 saturated carbocycles. The molecule has 0 atom stereocenters. The Morgan fingerprint density at radius 3 is 2.59 bits per heavy atom. The van der Waals surface area contributed by atoms with Crippen LogP contribution in [0.15, 0.2) is 18.2 Å². The summed E-state index contributed by atoms with van der Waals surface area (Å²) in [6, 6.07) is 3.85. The summed E-state index contributed by atoms with van der Waals surface area (Å²) in [6.07, 6.45) is 3.12. The summed E-state index contributed by atoms with van der Waals surface area (Å²) in [5, 5.41) is 0. The molecule has 1 nitrogen and oxygen atoms in total. The maximum Gasteiger partial charge on any atom is 0.129 e. The van der Waals surface area contributed by atoms with Crippen LogP contribution in [0.5, 0.6) is 0 Å². The molecule has 94 valence electrons. The van der Waals surface area contributed by atoms with Gasteiger partial charge in [0.1, 0.15) is 11.6 Å². The average Bonchev–Trinajstić information content (AvgIpc) is 2.30. The highest BCUT2D eigenvalue weighted by Crippen LogP contribution is 2.17. The van der Waals surface area contributed by atoms with Crippen molar-refractivity contribution in [3.05, 3.63) is 35.4 Å². The van der Waals surface area contributed by atoms with E-state index in [0.717, 1.165) is 31.6 Å². The van der Waals surface area contributed by atoms with E-state index in [1.165, 1.54) is 18.9 Å². The molecule has 0 amide bonds. The SMILES string of the molecule is CC1CCN(CCc2ccc(F)cc2F)CC1. The first-order valence-corrected chi connectivity index (χ1v) is 6.31. The molecule has 3 heteroatoms. The zero-order valence-corrected chi connectivity index (χ0v) is 10.3. The fourth-order valence-electron chi connectivity index (χ4n) is 2.29. The van der Waals surface area contributed by atoms with E-state index in [1.54, 1.807) is 6.07 Å². The smallest absolute Gasteiger partial charge is 0.129 e. The van der Waals surface area contributed by atoms with Gasteiger partial charge in [-0.25, -0.2) is 8.78 Å². The molecule has 1 aliphatic rings. The van der Waals surface area contributed by atoms with Gasteiger partial charge in [-0.1, -0.05) is 13.0 Å². The number of rotatable bonds is 3. The van der Waals surface area contributed by atoms with E-state index < -0.39 is 11.6 Å². The molecular weight excluding hydrogens is 220 g/mol. The summed E-state index contributed by atoms with van der Waals surface area (Å²) < 4.78 is 26.1. The Labute approximate surface area is 101 Å². The van der Waals surface area contributed by atoms with Crippen molar-refractivity contribution in [2.75, 3.05) is 19.6 Å². The van der Waals surface area contributed by atoms with Gasteiger partial charge in [0.05, 0.1) is 0 Å². The second-order valence-electron chi connectivity index (χ2n) is 5.01. The Morgan fingerprint density at radius 1 is 1.24 bits per heavy atom. The van der Waals surface area contributed by atoms with Gasteiger partial charge in [0, 0.05) is 12.6 Å². The van der Waals surface area contributed by atoms with E-state index in [2.05, 4.69) is 11.8 Å². The minimum Gasteiger partial charge on any atom is -0.303 e. The molecule has 1 aliphatic heterocycles. The van der Waals surface area contributed by atoms with E-state index in [-0.39, 0.29) is 0 Å². The van der Waals surface area contributed by atoms with E-state index in [9.17, 15) is 8.78 Å². The van der Waals surface area contributed by atoms with Crippen molar-refractivity contribution in [1.82, 2.24) is 4.90 Å². The van der Waals surface area contributed by atoms with Crippen molar-refractivity contribution in [3.63, 3.8) is 0 Å². The molecule has 0 radical (unpaired) electrons. The number of nitrogens with zero attached hydrogens (tertiary/aromatic N) is 1. The number of hydrogen-bond donors (Lipinski definition) is 0. The molecule has 2 rings (SSSR count). The van der Waals surface area contributed by atoms with Crippen LogP contribution in [0.1, 0.15) is 25.3 Å². The minimum absolute atomic E-state index is 0.421. The lowest BCUT2D eigenvalue weighted by molar-refractivity contribution is 0.194. The highest BCUT2D eigenvalue weighted by Gasteiger charge is 2.15. The third-order valence-electron chi connectivity index (χ3n) is 3.59. The summed E-state index contributed by atoms with van der Waals surface area (Å²) in [5.74, 6) is -0.109. The van der Waals surface area contributed by atoms with Gasteiger partial charge in [-0.2, -0.15) is 0 Å². The summed E-state index contributed by atoms with van der Waals surface area (Å²) in [6.45, 7) is 5.35. The first-order chi connectivity index (χ1) is 8.15. The molecule has 1 saturated heterocycles. The van der Waals surface area contributed by atoms with E-state index in [0.29, 0.717) is 12.0 Å². The lowest BCUT2D eigenvalue weighted by Crippen LogP contribution is -2.34. The summed E-state index contributed by atoms with van der Waals surface area (Å²) in [7, 11) is 0. The van der Waals surface area contributed by atoms with Crippen LogP contribution in [0, 0.1) is 17.6 Å². The molecule has 0 unspecified atom stereocenters. The standard InChI is InChI=1S/C14H19F2N/c1-11-4-7-17(8-5-11)9-6-12-2-3-13(15)10-14(12)16/h2-3,10-11H,4-9H2,1H3. The van der Waals surface area contributed by atoms with Crippen LogP contribution in [0.25, 0.3) is 0 Å². The first-order valence-electron chi connectivity index (χ1n) is 6.31. The van der Waals surface area contributed by atoms with Crippen molar-refractivity contribution in [1.29, 1.82) is 0 Å². The first kappa shape index (κ1) is 12.5. The molecule has 1 heterocycles. The average molecular weight is 239 g/mol. The van der Waals surface area contributed by atoms with Gasteiger partial charge in [0.15, 0.2) is 0 Å². The monoisotopic (exact) mass is 239 g/mol. The van der Waals surface area contributed by atoms with Crippen molar-refractivity contribution in [2.45, 2.75) is 26.2 Å². The Bertz CT molecular complexity index is 370. The van der Waals surface area contributed by atoms with Gasteiger partial charge in [-0.05, 0) is 49.9 Å². The van der Waals surface area contributed by atoms with E-state index in [4.69, 9.17) is 0 Å². The predicted molar refractivity (Wildman–Crippen MR) is 64.9 cm³/mol. The van der Waals surface area contributed by atoms with Crippen LogP contribution >= 0.6 is 0 Å². The summed E-state index contributed by atoms with van der Waals surface area (Å²) in [4.78, 5) is 2.36. The molecule has 17 heavy (non-hydrogen) atoms. The van der Waals surface area contributed by atoms with Gasteiger partial charge in [-0.3, -0.25) is 0 Å². The second-order valence-corrected chi connectivity index (χ2v) is 5.01. The van der Waals surface area contributed by atoms with Crippen molar-refractivity contribution in [3.8, 4) is 0 Å². The minimum atomic E-state index is -0.502. The maximum absolute atomic E-state index is 13.4. The molecule has 0 aliphatic carbocycles. The Morgan fingerprint density at radius 2 is 1.94 bits per heavy atom. The fraction of sp³-hybridized carbons (Fsp3) is 0.571. The van der Waals surface area contributed by atoms with Crippen LogP contribution in [0.4, 0.5) is 8.78 Å². The fourth-order valence-corrected chi connectivity index (χ4v) is 2.29. The van der Waals surface area contributed by atoms with E-state index >= 15 is 0 Å². The van der Waals surface area contributed by atoms with E-state index in [1.807, 2.05) is 0 Å². The summed E-state index contributed by atoms with van der Waals surface area (Å²) in [5.41, 5.74) is 0.616. The van der Waals surface area contributed by atoms with Crippen molar-refractivity contribution in [2.24, 2.45) is 5.92 Å². The molecule has 1 aromatic rings. The molecular formula is C14H19F2N. The van der Waals surface area contributed by atoms with Gasteiger partial charge in [0.25, 0.3) is 0 Å². The number of benzene rings is 1. The Hall–Kier alpha value is -0.960. The molecule has 1 fully saturated rings. The quantitative estimate of drug-likeness (QED) is 0.782. The summed E-state index contributed by atoms with van der Waals surface area (Å²) >= 11 is 0. The molecule has 0 spiro atoms. The number of hydrogen-bond acceptors (Lipinski definition) is 1. The van der Waals surface area contributed by atoms with Crippen LogP contribution in [-0.2, 0) is 6.42 Å². The molecule has 1 aromatic carbocycles. The molecule has 0 aromatic heterocycles. The predicted octanol–water partition coefficient (Wildman–Crippen LogP) is 3.24. The highest BCUT2D eigenvalue weighted by molar-refractivity contribution is 5.18. The third kappa shape index (κ3) is 3.50. The van der Waals surface area contributed by atoms with Crippen LogP contribution in [0.3, 0.4) is 0 Å². The molecule has 0 N–H and O–H groups in total. The topological polar surface area (TPSA) is 3.24 Å². The van der Waals surface area contributed by atoms with Gasteiger partial charge >= 0.3 is 0 Å². The zero-order valence-electron chi connectivity index (χ0n) is 10.3. The van der Waals surface area contributed by atoms with Crippen LogP contribution in [-0.4, -0.2) is 24.5 Å². The second kappa shape index (κ2) is 5.58. The van der Waals surface area contributed by atoms with Crippen LogP contribution < -0.4 is 0 Å². The van der Waals surface area contributed by atoms with Gasteiger partial charge < -0.3 is 4.90 Å². The largest absolute Gasteiger partial charge is 0.303 e. The lowest BCUT2D eigenvalue weighted by atomic mass is 9.99. The van der Waals surface area contributed by atoms with Gasteiger partial charge in [0.2, 0.25) is 0 Å². The highest BCUT2D eigenvalue weighted by atomic mass is 19.1. The Kier molecular flexibility index (Phi) is 4.11. The van der Waals surface area contributed by atoms with Crippen LogP contribution in [0.2, 0.25) is 0 Å². The zero-order chi connectivity index (χ0) is 12.3.